The fourth-order valence-corrected chi connectivity index (χ4v) is 1.81. The van der Waals surface area contributed by atoms with Crippen LogP contribution < -0.4 is 10.2 Å². The molecule has 2 aromatic rings. The minimum absolute atomic E-state index is 0.0186. The van der Waals surface area contributed by atoms with Crippen LogP contribution >= 0.6 is 0 Å². The lowest BCUT2D eigenvalue weighted by atomic mass is 10.1. The van der Waals surface area contributed by atoms with E-state index in [1.54, 1.807) is 18.3 Å². The first kappa shape index (κ1) is 16.7. The summed E-state index contributed by atoms with van der Waals surface area (Å²) in [6.07, 6.45) is 5.38. The largest absolute Gasteiger partial charge is 0.488 e. The van der Waals surface area contributed by atoms with E-state index in [1.807, 2.05) is 0 Å². The van der Waals surface area contributed by atoms with Gasteiger partial charge in [0.2, 0.25) is 5.43 Å². The number of aromatic nitrogens is 2. The molecule has 6 nitrogen and oxygen atoms in total. The van der Waals surface area contributed by atoms with Gasteiger partial charge in [-0.1, -0.05) is 13.8 Å². The molecule has 0 aliphatic heterocycles. The molecule has 0 saturated heterocycles. The van der Waals surface area contributed by atoms with Gasteiger partial charge in [-0.3, -0.25) is 9.78 Å². The minimum atomic E-state index is -0.490. The maximum Gasteiger partial charge on any atom is 0.340 e. The third kappa shape index (κ3) is 5.25. The van der Waals surface area contributed by atoms with Crippen LogP contribution in [0.2, 0.25) is 0 Å². The van der Waals surface area contributed by atoms with Gasteiger partial charge in [-0.2, -0.15) is 0 Å². The Morgan fingerprint density at radius 1 is 1.39 bits per heavy atom. The summed E-state index contributed by atoms with van der Waals surface area (Å²) in [5.74, 6) is 0.296. The van der Waals surface area contributed by atoms with Crippen LogP contribution in [0.15, 0.2) is 41.6 Å². The van der Waals surface area contributed by atoms with Gasteiger partial charge in [0.25, 0.3) is 0 Å². The molecule has 122 valence electrons. The molecule has 0 unspecified atom stereocenters. The molecule has 2 aromatic heterocycles. The van der Waals surface area contributed by atoms with Crippen LogP contribution in [0.4, 0.5) is 0 Å². The SMILES string of the molecule is CC(C)CCOc1c[nH]c(COC(=O)c2cccnc2)cc1=O. The van der Waals surface area contributed by atoms with Gasteiger partial charge in [0.1, 0.15) is 6.61 Å². The van der Waals surface area contributed by atoms with Crippen molar-refractivity contribution in [1.29, 1.82) is 0 Å². The molecule has 6 heteroatoms. The van der Waals surface area contributed by atoms with Gasteiger partial charge in [0.05, 0.1) is 17.9 Å². The van der Waals surface area contributed by atoms with Crippen molar-refractivity contribution in [3.63, 3.8) is 0 Å². The standard InChI is InChI=1S/C17H20N2O4/c1-12(2)5-7-22-16-10-19-14(8-15(16)20)11-23-17(21)13-4-3-6-18-9-13/h3-4,6,8-10,12H,5,7,11H2,1-2H3,(H,19,20). The van der Waals surface area contributed by atoms with Gasteiger partial charge in [-0.15, -0.1) is 0 Å². The van der Waals surface area contributed by atoms with E-state index in [9.17, 15) is 9.59 Å². The van der Waals surface area contributed by atoms with Gasteiger partial charge in [0.15, 0.2) is 5.75 Å². The number of carbonyl (C=O) groups is 1. The number of rotatable bonds is 7. The van der Waals surface area contributed by atoms with Gasteiger partial charge in [-0.05, 0) is 24.5 Å². The van der Waals surface area contributed by atoms with Crippen molar-refractivity contribution in [2.75, 3.05) is 6.61 Å². The first-order chi connectivity index (χ1) is 11.1. The zero-order chi connectivity index (χ0) is 16.7. The molecule has 0 spiro atoms. The van der Waals surface area contributed by atoms with E-state index in [1.165, 1.54) is 18.5 Å². The average molecular weight is 316 g/mol. The van der Waals surface area contributed by atoms with Crippen molar-refractivity contribution in [2.24, 2.45) is 5.92 Å². The van der Waals surface area contributed by atoms with E-state index in [-0.39, 0.29) is 17.8 Å². The molecule has 1 N–H and O–H groups in total. The second-order valence-electron chi connectivity index (χ2n) is 5.54. The predicted octanol–water partition coefficient (Wildman–Crippen LogP) is 2.55. The first-order valence-corrected chi connectivity index (χ1v) is 7.48. The summed E-state index contributed by atoms with van der Waals surface area (Å²) in [7, 11) is 0. The summed E-state index contributed by atoms with van der Waals surface area (Å²) in [5, 5.41) is 0. The van der Waals surface area contributed by atoms with E-state index < -0.39 is 5.97 Å². The molecule has 0 amide bonds. The Bertz CT molecular complexity index is 695. The zero-order valence-electron chi connectivity index (χ0n) is 13.2. The quantitative estimate of drug-likeness (QED) is 0.794. The van der Waals surface area contributed by atoms with Gasteiger partial charge in [0, 0.05) is 24.7 Å². The Balaban J connectivity index is 1.90. The van der Waals surface area contributed by atoms with Gasteiger partial charge < -0.3 is 14.5 Å². The van der Waals surface area contributed by atoms with E-state index >= 15 is 0 Å². The van der Waals surface area contributed by atoms with Crippen molar-refractivity contribution in [2.45, 2.75) is 26.9 Å². The topological polar surface area (TPSA) is 81.3 Å². The molecule has 0 bridgehead atoms. The summed E-state index contributed by atoms with van der Waals surface area (Å²) in [5.41, 5.74) is 0.631. The molecule has 0 atom stereocenters. The van der Waals surface area contributed by atoms with E-state index in [4.69, 9.17) is 9.47 Å². The highest BCUT2D eigenvalue weighted by Crippen LogP contribution is 2.07. The van der Waals surface area contributed by atoms with Crippen molar-refractivity contribution < 1.29 is 14.3 Å². The Labute approximate surface area is 134 Å². The third-order valence-corrected chi connectivity index (χ3v) is 3.15. The van der Waals surface area contributed by atoms with Crippen LogP contribution in [-0.2, 0) is 11.3 Å². The van der Waals surface area contributed by atoms with Crippen LogP contribution in [-0.4, -0.2) is 22.5 Å². The van der Waals surface area contributed by atoms with Crippen molar-refractivity contribution >= 4 is 5.97 Å². The molecule has 2 rings (SSSR count). The van der Waals surface area contributed by atoms with Crippen molar-refractivity contribution in [3.8, 4) is 5.75 Å². The molecular formula is C17H20N2O4. The van der Waals surface area contributed by atoms with Gasteiger partial charge >= 0.3 is 5.97 Å². The van der Waals surface area contributed by atoms with Crippen molar-refractivity contribution in [1.82, 2.24) is 9.97 Å². The second kappa shape index (κ2) is 8.12. The molecule has 0 radical (unpaired) electrons. The van der Waals surface area contributed by atoms with Gasteiger partial charge in [-0.25, -0.2) is 4.79 Å². The highest BCUT2D eigenvalue weighted by Gasteiger charge is 2.08. The van der Waals surface area contributed by atoms with Crippen LogP contribution in [0.1, 0.15) is 36.3 Å². The fraction of sp³-hybridized carbons (Fsp3) is 0.353. The normalized spacial score (nSPS) is 10.6. The predicted molar refractivity (Wildman–Crippen MR) is 85.4 cm³/mol. The monoisotopic (exact) mass is 316 g/mol. The van der Waals surface area contributed by atoms with Crippen LogP contribution in [0.25, 0.3) is 0 Å². The Morgan fingerprint density at radius 2 is 2.22 bits per heavy atom. The number of hydrogen-bond acceptors (Lipinski definition) is 5. The number of H-pyrrole nitrogens is 1. The molecule has 0 aliphatic carbocycles. The highest BCUT2D eigenvalue weighted by molar-refractivity contribution is 5.88. The number of aromatic amines is 1. The maximum absolute atomic E-state index is 11.9. The number of esters is 1. The Kier molecular flexibility index (Phi) is 5.91. The fourth-order valence-electron chi connectivity index (χ4n) is 1.81. The number of pyridine rings is 2. The lowest BCUT2D eigenvalue weighted by molar-refractivity contribution is 0.0467. The molecule has 0 aliphatic rings. The summed E-state index contributed by atoms with van der Waals surface area (Å²) >= 11 is 0. The Hall–Kier alpha value is -2.63. The molecule has 0 fully saturated rings. The lowest BCUT2D eigenvalue weighted by Crippen LogP contribution is -2.13. The summed E-state index contributed by atoms with van der Waals surface area (Å²) in [6.45, 7) is 4.66. The smallest absolute Gasteiger partial charge is 0.340 e. The van der Waals surface area contributed by atoms with Crippen LogP contribution in [0, 0.1) is 5.92 Å². The van der Waals surface area contributed by atoms with E-state index in [0.29, 0.717) is 23.8 Å². The number of ether oxygens (including phenoxy) is 2. The summed E-state index contributed by atoms with van der Waals surface area (Å²) < 4.78 is 10.6. The number of hydrogen-bond donors (Lipinski definition) is 1. The van der Waals surface area contributed by atoms with Crippen LogP contribution in [0.5, 0.6) is 5.75 Å². The number of nitrogens with one attached hydrogen (secondary N) is 1. The number of carbonyl (C=O) groups excluding carboxylic acids is 1. The molecule has 23 heavy (non-hydrogen) atoms. The Morgan fingerprint density at radius 3 is 2.87 bits per heavy atom. The number of nitrogens with zero attached hydrogens (tertiary/aromatic N) is 1. The van der Waals surface area contributed by atoms with E-state index in [0.717, 1.165) is 6.42 Å². The second-order valence-corrected chi connectivity index (χ2v) is 5.54. The van der Waals surface area contributed by atoms with Crippen LogP contribution in [0.3, 0.4) is 0 Å². The lowest BCUT2D eigenvalue weighted by Gasteiger charge is -2.08. The molecule has 0 saturated carbocycles. The molecule has 2 heterocycles. The maximum atomic E-state index is 11.9. The summed E-state index contributed by atoms with van der Waals surface area (Å²) in [6, 6.07) is 4.65. The first-order valence-electron chi connectivity index (χ1n) is 7.48. The molecular weight excluding hydrogens is 296 g/mol. The summed E-state index contributed by atoms with van der Waals surface area (Å²) in [4.78, 5) is 30.5. The zero-order valence-corrected chi connectivity index (χ0v) is 13.2. The third-order valence-electron chi connectivity index (χ3n) is 3.15. The highest BCUT2D eigenvalue weighted by atomic mass is 16.5. The van der Waals surface area contributed by atoms with E-state index in [2.05, 4.69) is 23.8 Å². The molecule has 0 aromatic carbocycles. The minimum Gasteiger partial charge on any atom is -0.488 e. The van der Waals surface area contributed by atoms with Crippen molar-refractivity contribution in [3.05, 3.63) is 58.3 Å². The average Bonchev–Trinajstić information content (AvgIpc) is 2.55.